The molecule has 2 aromatic heterocycles. The molecule has 0 saturated carbocycles. The van der Waals surface area contributed by atoms with Gasteiger partial charge >= 0.3 is 0 Å². The number of hydrogen-bond donors (Lipinski definition) is 0. The molecule has 0 aliphatic carbocycles. The summed E-state index contributed by atoms with van der Waals surface area (Å²) < 4.78 is 12.2. The Bertz CT molecular complexity index is 929. The average molecular weight is 447 g/mol. The van der Waals surface area contributed by atoms with Gasteiger partial charge in [-0.1, -0.05) is 28.1 Å². The van der Waals surface area contributed by atoms with E-state index in [9.17, 15) is 4.79 Å². The molecular weight excluding hydrogens is 428 g/mol. The molecule has 1 amide bonds. The standard InChI is InChI=1S/C20H19BrN2O3S/c1-13-8-10-26-18(13)19(24)23(11-16-3-2-9-25-16)20-22-17(12-27-20)14-4-6-15(21)7-5-14/h4-8,10,12,16H,2-3,9,11H2,1H3. The molecule has 0 bridgehead atoms. The molecule has 0 radical (unpaired) electrons. The summed E-state index contributed by atoms with van der Waals surface area (Å²) in [5.74, 6) is 0.179. The lowest BCUT2D eigenvalue weighted by Gasteiger charge is -2.22. The van der Waals surface area contributed by atoms with Gasteiger partial charge in [-0.15, -0.1) is 11.3 Å². The van der Waals surface area contributed by atoms with Crippen LogP contribution in [0.1, 0.15) is 29.0 Å². The maximum absolute atomic E-state index is 13.1. The van der Waals surface area contributed by atoms with E-state index in [-0.39, 0.29) is 12.0 Å². The van der Waals surface area contributed by atoms with Gasteiger partial charge in [-0.25, -0.2) is 4.98 Å². The number of benzene rings is 1. The highest BCUT2D eigenvalue weighted by molar-refractivity contribution is 9.10. The van der Waals surface area contributed by atoms with Crippen molar-refractivity contribution in [1.29, 1.82) is 0 Å². The molecule has 1 aliphatic rings. The fourth-order valence-electron chi connectivity index (χ4n) is 3.10. The van der Waals surface area contributed by atoms with E-state index in [1.165, 1.54) is 11.3 Å². The molecular formula is C20H19BrN2O3S. The Labute approximate surface area is 170 Å². The summed E-state index contributed by atoms with van der Waals surface area (Å²) in [5.41, 5.74) is 2.69. The molecule has 4 rings (SSSR count). The second kappa shape index (κ2) is 7.96. The highest BCUT2D eigenvalue weighted by Gasteiger charge is 2.29. The lowest BCUT2D eigenvalue weighted by Crippen LogP contribution is -2.37. The Kier molecular flexibility index (Phi) is 5.43. The van der Waals surface area contributed by atoms with E-state index in [0.29, 0.717) is 17.4 Å². The van der Waals surface area contributed by atoms with Crippen molar-refractivity contribution in [2.75, 3.05) is 18.1 Å². The number of hydrogen-bond acceptors (Lipinski definition) is 5. The van der Waals surface area contributed by atoms with Gasteiger partial charge in [0.2, 0.25) is 0 Å². The first-order valence-electron chi connectivity index (χ1n) is 8.81. The van der Waals surface area contributed by atoms with E-state index in [1.807, 2.05) is 36.6 Å². The maximum atomic E-state index is 13.1. The summed E-state index contributed by atoms with van der Waals surface area (Å²) in [7, 11) is 0. The van der Waals surface area contributed by atoms with Crippen LogP contribution in [0.15, 0.2) is 50.9 Å². The number of thiazole rings is 1. The van der Waals surface area contributed by atoms with Crippen molar-refractivity contribution in [2.24, 2.45) is 0 Å². The maximum Gasteiger partial charge on any atom is 0.296 e. The third-order valence-electron chi connectivity index (χ3n) is 4.57. The van der Waals surface area contributed by atoms with Crippen molar-refractivity contribution in [1.82, 2.24) is 4.98 Å². The first kappa shape index (κ1) is 18.4. The van der Waals surface area contributed by atoms with Crippen LogP contribution in [0.25, 0.3) is 11.3 Å². The Hall–Kier alpha value is -1.96. The smallest absolute Gasteiger partial charge is 0.296 e. The van der Waals surface area contributed by atoms with E-state index >= 15 is 0 Å². The summed E-state index contributed by atoms with van der Waals surface area (Å²) in [4.78, 5) is 19.6. The molecule has 1 aliphatic heterocycles. The minimum Gasteiger partial charge on any atom is -0.459 e. The lowest BCUT2D eigenvalue weighted by atomic mass is 10.2. The summed E-state index contributed by atoms with van der Waals surface area (Å²) in [6.07, 6.45) is 3.55. The molecule has 1 saturated heterocycles. The van der Waals surface area contributed by atoms with Gasteiger partial charge in [-0.3, -0.25) is 9.69 Å². The van der Waals surface area contributed by atoms with Crippen LogP contribution in [0.2, 0.25) is 0 Å². The Balaban J connectivity index is 1.64. The van der Waals surface area contributed by atoms with E-state index < -0.39 is 0 Å². The molecule has 0 spiro atoms. The number of carbonyl (C=O) groups is 1. The van der Waals surface area contributed by atoms with Gasteiger partial charge in [0.15, 0.2) is 10.9 Å². The van der Waals surface area contributed by atoms with Crippen LogP contribution >= 0.6 is 27.3 Å². The molecule has 3 aromatic rings. The zero-order valence-corrected chi connectivity index (χ0v) is 17.3. The molecule has 27 heavy (non-hydrogen) atoms. The van der Waals surface area contributed by atoms with Crippen molar-refractivity contribution >= 4 is 38.3 Å². The highest BCUT2D eigenvalue weighted by atomic mass is 79.9. The number of anilines is 1. The third-order valence-corrected chi connectivity index (χ3v) is 5.97. The zero-order chi connectivity index (χ0) is 18.8. The summed E-state index contributed by atoms with van der Waals surface area (Å²) >= 11 is 4.90. The average Bonchev–Trinajstić information content (AvgIpc) is 3.41. The number of amides is 1. The van der Waals surface area contributed by atoms with Gasteiger partial charge in [-0.05, 0) is 38.0 Å². The number of aryl methyl sites for hydroxylation is 1. The normalized spacial score (nSPS) is 16.6. The van der Waals surface area contributed by atoms with Gasteiger partial charge in [0, 0.05) is 27.6 Å². The van der Waals surface area contributed by atoms with Crippen molar-refractivity contribution in [3.05, 3.63) is 57.8 Å². The van der Waals surface area contributed by atoms with Gasteiger partial charge in [-0.2, -0.15) is 0 Å². The number of rotatable bonds is 5. The summed E-state index contributed by atoms with van der Waals surface area (Å²) in [6.45, 7) is 3.09. The predicted molar refractivity (Wildman–Crippen MR) is 109 cm³/mol. The number of nitrogens with zero attached hydrogens (tertiary/aromatic N) is 2. The van der Waals surface area contributed by atoms with Crippen molar-refractivity contribution in [3.63, 3.8) is 0 Å². The molecule has 1 aromatic carbocycles. The topological polar surface area (TPSA) is 55.6 Å². The van der Waals surface area contributed by atoms with Crippen LogP contribution in [-0.4, -0.2) is 30.1 Å². The summed E-state index contributed by atoms with van der Waals surface area (Å²) in [6, 6.07) is 9.77. The number of furan rings is 1. The molecule has 140 valence electrons. The minimum atomic E-state index is -0.176. The van der Waals surface area contributed by atoms with Gasteiger partial charge in [0.05, 0.1) is 24.6 Å². The fourth-order valence-corrected chi connectivity index (χ4v) is 4.20. The Morgan fingerprint density at radius 3 is 2.81 bits per heavy atom. The monoisotopic (exact) mass is 446 g/mol. The first-order chi connectivity index (χ1) is 13.1. The van der Waals surface area contributed by atoms with Crippen LogP contribution in [0, 0.1) is 6.92 Å². The van der Waals surface area contributed by atoms with E-state index in [4.69, 9.17) is 14.1 Å². The van der Waals surface area contributed by atoms with E-state index in [2.05, 4.69) is 15.9 Å². The largest absolute Gasteiger partial charge is 0.459 e. The van der Waals surface area contributed by atoms with Crippen LogP contribution < -0.4 is 4.90 Å². The number of aromatic nitrogens is 1. The third kappa shape index (κ3) is 4.00. The molecule has 3 heterocycles. The molecule has 0 N–H and O–H groups in total. The van der Waals surface area contributed by atoms with Gasteiger partial charge in [0.1, 0.15) is 0 Å². The van der Waals surface area contributed by atoms with Crippen molar-refractivity contribution in [3.8, 4) is 11.3 Å². The second-order valence-electron chi connectivity index (χ2n) is 6.51. The van der Waals surface area contributed by atoms with E-state index in [0.717, 1.165) is 40.7 Å². The SMILES string of the molecule is Cc1ccoc1C(=O)N(CC1CCCO1)c1nc(-c2ccc(Br)cc2)cs1. The van der Waals surface area contributed by atoms with Crippen LogP contribution in [0.3, 0.4) is 0 Å². The molecule has 1 unspecified atom stereocenters. The number of halogens is 1. The first-order valence-corrected chi connectivity index (χ1v) is 10.5. The fraction of sp³-hybridized carbons (Fsp3) is 0.300. The zero-order valence-electron chi connectivity index (χ0n) is 14.9. The molecule has 1 fully saturated rings. The Morgan fingerprint density at radius 2 is 2.15 bits per heavy atom. The molecule has 1 atom stereocenters. The van der Waals surface area contributed by atoms with Crippen molar-refractivity contribution < 1.29 is 13.9 Å². The predicted octanol–water partition coefficient (Wildman–Crippen LogP) is 5.30. The van der Waals surface area contributed by atoms with Crippen LogP contribution in [-0.2, 0) is 4.74 Å². The number of carbonyl (C=O) groups excluding carboxylic acids is 1. The quantitative estimate of drug-likeness (QED) is 0.533. The highest BCUT2D eigenvalue weighted by Crippen LogP contribution is 2.30. The van der Waals surface area contributed by atoms with Gasteiger partial charge < -0.3 is 9.15 Å². The van der Waals surface area contributed by atoms with Crippen molar-refractivity contribution in [2.45, 2.75) is 25.9 Å². The van der Waals surface area contributed by atoms with E-state index in [1.54, 1.807) is 17.2 Å². The number of ether oxygens (including phenoxy) is 1. The van der Waals surface area contributed by atoms with Crippen LogP contribution in [0.4, 0.5) is 5.13 Å². The lowest BCUT2D eigenvalue weighted by molar-refractivity contribution is 0.0894. The Morgan fingerprint density at radius 1 is 1.33 bits per heavy atom. The van der Waals surface area contributed by atoms with Gasteiger partial charge in [0.25, 0.3) is 5.91 Å². The summed E-state index contributed by atoms with van der Waals surface area (Å²) in [5, 5.41) is 2.63. The van der Waals surface area contributed by atoms with Crippen LogP contribution in [0.5, 0.6) is 0 Å². The second-order valence-corrected chi connectivity index (χ2v) is 8.26. The minimum absolute atomic E-state index is 0.0317. The molecule has 7 heteroatoms. The molecule has 5 nitrogen and oxygen atoms in total.